The van der Waals surface area contributed by atoms with E-state index < -0.39 is 0 Å². The number of aliphatic hydroxyl groups excluding tert-OH is 1. The average Bonchev–Trinajstić information content (AvgIpc) is 2.46. The lowest BCUT2D eigenvalue weighted by Crippen LogP contribution is -1.96. The molecule has 0 radical (unpaired) electrons. The topological polar surface area (TPSA) is 46.5 Å². The van der Waals surface area contributed by atoms with Crippen LogP contribution in [0.4, 0.5) is 0 Å². The summed E-state index contributed by atoms with van der Waals surface area (Å²) in [4.78, 5) is 10.5. The highest BCUT2D eigenvalue weighted by Gasteiger charge is 1.97. The summed E-state index contributed by atoms with van der Waals surface area (Å²) in [7, 11) is 0. The van der Waals surface area contributed by atoms with Gasteiger partial charge in [0, 0.05) is 5.56 Å². The molecular formula is C15H14O3. The first-order valence-electron chi connectivity index (χ1n) is 5.68. The molecule has 0 saturated carbocycles. The molecule has 0 unspecified atom stereocenters. The maximum absolute atomic E-state index is 10.5. The van der Waals surface area contributed by atoms with Gasteiger partial charge in [0.1, 0.15) is 18.6 Å². The van der Waals surface area contributed by atoms with E-state index in [2.05, 4.69) is 0 Å². The standard InChI is InChI=1S/C15H14O3/c16-9-12-1-3-14(4-2-12)11-18-15-7-5-13(10-17)6-8-15/h1-8,10,16H,9,11H2. The average molecular weight is 242 g/mol. The van der Waals surface area contributed by atoms with Crippen molar-refractivity contribution in [2.75, 3.05) is 0 Å². The predicted molar refractivity (Wildman–Crippen MR) is 68.5 cm³/mol. The maximum atomic E-state index is 10.5. The zero-order chi connectivity index (χ0) is 12.8. The predicted octanol–water partition coefficient (Wildman–Crippen LogP) is 2.57. The highest BCUT2D eigenvalue weighted by atomic mass is 16.5. The zero-order valence-corrected chi connectivity index (χ0v) is 9.87. The normalized spacial score (nSPS) is 10.1. The second kappa shape index (κ2) is 5.98. The van der Waals surface area contributed by atoms with Crippen LogP contribution in [0.15, 0.2) is 48.5 Å². The van der Waals surface area contributed by atoms with Crippen LogP contribution in [0, 0.1) is 0 Å². The minimum Gasteiger partial charge on any atom is -0.489 e. The molecule has 0 amide bonds. The van der Waals surface area contributed by atoms with E-state index in [-0.39, 0.29) is 6.61 Å². The van der Waals surface area contributed by atoms with Crippen molar-refractivity contribution in [3.05, 3.63) is 65.2 Å². The summed E-state index contributed by atoms with van der Waals surface area (Å²) >= 11 is 0. The van der Waals surface area contributed by atoms with Crippen molar-refractivity contribution in [1.82, 2.24) is 0 Å². The van der Waals surface area contributed by atoms with E-state index in [9.17, 15) is 4.79 Å². The summed E-state index contributed by atoms with van der Waals surface area (Å²) in [5, 5.41) is 8.93. The van der Waals surface area contributed by atoms with Crippen LogP contribution in [-0.4, -0.2) is 11.4 Å². The molecule has 2 aromatic rings. The Balaban J connectivity index is 1.95. The lowest BCUT2D eigenvalue weighted by Gasteiger charge is -2.06. The lowest BCUT2D eigenvalue weighted by molar-refractivity contribution is 0.112. The number of aldehydes is 1. The van der Waals surface area contributed by atoms with Crippen molar-refractivity contribution in [2.45, 2.75) is 13.2 Å². The molecule has 0 aliphatic heterocycles. The Kier molecular flexibility index (Phi) is 4.10. The molecule has 0 aliphatic carbocycles. The van der Waals surface area contributed by atoms with Crippen LogP contribution in [-0.2, 0) is 13.2 Å². The van der Waals surface area contributed by atoms with Crippen LogP contribution < -0.4 is 4.74 Å². The van der Waals surface area contributed by atoms with Crippen LogP contribution in [0.5, 0.6) is 5.75 Å². The lowest BCUT2D eigenvalue weighted by atomic mass is 10.1. The van der Waals surface area contributed by atoms with Gasteiger partial charge in [0.2, 0.25) is 0 Å². The maximum Gasteiger partial charge on any atom is 0.150 e. The number of benzene rings is 2. The molecule has 3 nitrogen and oxygen atoms in total. The third-order valence-electron chi connectivity index (χ3n) is 2.63. The molecule has 2 aromatic carbocycles. The second-order valence-electron chi connectivity index (χ2n) is 3.95. The van der Waals surface area contributed by atoms with Gasteiger partial charge in [-0.15, -0.1) is 0 Å². The molecule has 0 aromatic heterocycles. The van der Waals surface area contributed by atoms with Gasteiger partial charge in [-0.25, -0.2) is 0 Å². The van der Waals surface area contributed by atoms with Crippen molar-refractivity contribution < 1.29 is 14.6 Å². The monoisotopic (exact) mass is 242 g/mol. The Morgan fingerprint density at radius 1 is 0.944 bits per heavy atom. The molecule has 0 bridgehead atoms. The number of hydrogen-bond donors (Lipinski definition) is 1. The molecule has 0 fully saturated rings. The van der Waals surface area contributed by atoms with Crippen molar-refractivity contribution in [2.24, 2.45) is 0 Å². The molecular weight excluding hydrogens is 228 g/mol. The van der Waals surface area contributed by atoms with Crippen molar-refractivity contribution in [1.29, 1.82) is 0 Å². The van der Waals surface area contributed by atoms with Crippen LogP contribution >= 0.6 is 0 Å². The molecule has 92 valence electrons. The Bertz CT molecular complexity index is 500. The first-order chi connectivity index (χ1) is 8.81. The highest BCUT2D eigenvalue weighted by molar-refractivity contribution is 5.74. The van der Waals surface area contributed by atoms with E-state index >= 15 is 0 Å². The Morgan fingerprint density at radius 3 is 2.11 bits per heavy atom. The molecule has 0 heterocycles. The van der Waals surface area contributed by atoms with Gasteiger partial charge in [-0.3, -0.25) is 4.79 Å². The third-order valence-corrected chi connectivity index (χ3v) is 2.63. The van der Waals surface area contributed by atoms with Crippen molar-refractivity contribution in [3.63, 3.8) is 0 Å². The van der Waals surface area contributed by atoms with Crippen LogP contribution in [0.1, 0.15) is 21.5 Å². The number of aliphatic hydroxyl groups is 1. The summed E-state index contributed by atoms with van der Waals surface area (Å²) in [5.41, 5.74) is 2.55. The molecule has 3 heteroatoms. The number of hydrogen-bond acceptors (Lipinski definition) is 3. The summed E-state index contributed by atoms with van der Waals surface area (Å²) in [6, 6.07) is 14.6. The molecule has 2 rings (SSSR count). The largest absolute Gasteiger partial charge is 0.489 e. The highest BCUT2D eigenvalue weighted by Crippen LogP contribution is 2.14. The molecule has 1 N–H and O–H groups in total. The number of carbonyl (C=O) groups excluding carboxylic acids is 1. The van der Waals surface area contributed by atoms with Crippen LogP contribution in [0.3, 0.4) is 0 Å². The smallest absolute Gasteiger partial charge is 0.150 e. The second-order valence-corrected chi connectivity index (χ2v) is 3.95. The first kappa shape index (κ1) is 12.3. The van der Waals surface area contributed by atoms with Gasteiger partial charge in [0.05, 0.1) is 6.61 Å². The van der Waals surface area contributed by atoms with E-state index in [0.29, 0.717) is 12.2 Å². The van der Waals surface area contributed by atoms with Gasteiger partial charge >= 0.3 is 0 Å². The Hall–Kier alpha value is -2.13. The number of rotatable bonds is 5. The van der Waals surface area contributed by atoms with E-state index in [0.717, 1.165) is 23.2 Å². The van der Waals surface area contributed by atoms with E-state index in [1.807, 2.05) is 24.3 Å². The van der Waals surface area contributed by atoms with Crippen molar-refractivity contribution >= 4 is 6.29 Å². The first-order valence-corrected chi connectivity index (χ1v) is 5.68. The summed E-state index contributed by atoms with van der Waals surface area (Å²) in [6.07, 6.45) is 0.803. The summed E-state index contributed by atoms with van der Waals surface area (Å²) in [6.45, 7) is 0.514. The zero-order valence-electron chi connectivity index (χ0n) is 9.87. The van der Waals surface area contributed by atoms with E-state index in [1.165, 1.54) is 0 Å². The van der Waals surface area contributed by atoms with Gasteiger partial charge in [-0.05, 0) is 35.4 Å². The fourth-order valence-corrected chi connectivity index (χ4v) is 1.55. The van der Waals surface area contributed by atoms with Gasteiger partial charge in [-0.2, -0.15) is 0 Å². The quantitative estimate of drug-likeness (QED) is 0.820. The summed E-state index contributed by atoms with van der Waals surface area (Å²) < 4.78 is 5.59. The fraction of sp³-hybridized carbons (Fsp3) is 0.133. The molecule has 18 heavy (non-hydrogen) atoms. The Morgan fingerprint density at radius 2 is 1.56 bits per heavy atom. The minimum absolute atomic E-state index is 0.0499. The Labute approximate surface area is 106 Å². The van der Waals surface area contributed by atoms with E-state index in [1.54, 1.807) is 24.3 Å². The molecule has 0 spiro atoms. The number of carbonyl (C=O) groups is 1. The fourth-order valence-electron chi connectivity index (χ4n) is 1.55. The van der Waals surface area contributed by atoms with E-state index in [4.69, 9.17) is 9.84 Å². The van der Waals surface area contributed by atoms with Gasteiger partial charge < -0.3 is 9.84 Å². The molecule has 0 saturated heterocycles. The SMILES string of the molecule is O=Cc1ccc(OCc2ccc(CO)cc2)cc1. The van der Waals surface area contributed by atoms with Gasteiger partial charge in [-0.1, -0.05) is 24.3 Å². The van der Waals surface area contributed by atoms with Crippen LogP contribution in [0.25, 0.3) is 0 Å². The third kappa shape index (κ3) is 3.18. The minimum atomic E-state index is 0.0499. The van der Waals surface area contributed by atoms with Gasteiger partial charge in [0.25, 0.3) is 0 Å². The van der Waals surface area contributed by atoms with Crippen molar-refractivity contribution in [3.8, 4) is 5.75 Å². The number of ether oxygens (including phenoxy) is 1. The molecule has 0 atom stereocenters. The van der Waals surface area contributed by atoms with Crippen LogP contribution in [0.2, 0.25) is 0 Å². The molecule has 0 aliphatic rings. The van der Waals surface area contributed by atoms with Gasteiger partial charge in [0.15, 0.2) is 0 Å². The summed E-state index contributed by atoms with van der Waals surface area (Å²) in [5.74, 6) is 0.729.